The van der Waals surface area contributed by atoms with Crippen LogP contribution in [0.25, 0.3) is 0 Å². The van der Waals surface area contributed by atoms with Crippen LogP contribution in [0.4, 0.5) is 17.1 Å². The highest BCUT2D eigenvalue weighted by Gasteiger charge is 2.30. The van der Waals surface area contributed by atoms with Gasteiger partial charge in [-0.3, -0.25) is 14.4 Å². The highest BCUT2D eigenvalue weighted by atomic mass is 35.5. The minimum absolute atomic E-state index is 0.0378. The summed E-state index contributed by atoms with van der Waals surface area (Å²) >= 11 is 6.01. The van der Waals surface area contributed by atoms with Gasteiger partial charge in [0.1, 0.15) is 16.3 Å². The molecule has 0 aliphatic heterocycles. The maximum atomic E-state index is 12.6. The molecule has 0 saturated carbocycles. The molecule has 32 heavy (non-hydrogen) atoms. The molecule has 3 N–H and O–H groups in total. The lowest BCUT2D eigenvalue weighted by molar-refractivity contribution is -0.0259. The molecule has 0 amide bonds. The Morgan fingerprint density at radius 1 is 1.06 bits per heavy atom. The van der Waals surface area contributed by atoms with Crippen molar-refractivity contribution in [2.75, 3.05) is 24.8 Å². The van der Waals surface area contributed by atoms with E-state index >= 15 is 0 Å². The minimum Gasteiger partial charge on any atom is -0.504 e. The van der Waals surface area contributed by atoms with Crippen LogP contribution in [0.2, 0.25) is 5.02 Å². The second kappa shape index (κ2) is 8.91. The van der Waals surface area contributed by atoms with Crippen molar-refractivity contribution in [1.29, 1.82) is 0 Å². The molecule has 0 spiro atoms. The van der Waals surface area contributed by atoms with E-state index in [1.165, 1.54) is 12.1 Å². The van der Waals surface area contributed by atoms with E-state index < -0.39 is 31.5 Å². The number of rotatable bonds is 8. The molecule has 11 heteroatoms. The molecule has 1 atom stereocenters. The fourth-order valence-corrected chi connectivity index (χ4v) is 4.62. The Balaban J connectivity index is 1.95. The first-order chi connectivity index (χ1) is 15.0. The monoisotopic (exact) mass is 479 g/mol. The van der Waals surface area contributed by atoms with Gasteiger partial charge < -0.3 is 15.7 Å². The van der Waals surface area contributed by atoms with Gasteiger partial charge in [0.05, 0.1) is 17.8 Å². The van der Waals surface area contributed by atoms with E-state index in [-0.39, 0.29) is 28.1 Å². The van der Waals surface area contributed by atoms with Gasteiger partial charge in [-0.25, -0.2) is 8.42 Å². The zero-order chi connectivity index (χ0) is 23.8. The second-order valence-electron chi connectivity index (χ2n) is 7.18. The van der Waals surface area contributed by atoms with Crippen LogP contribution in [0.5, 0.6) is 5.75 Å². The fourth-order valence-electron chi connectivity index (χ4n) is 3.06. The lowest BCUT2D eigenvalue weighted by Crippen LogP contribution is -2.37. The maximum Gasteiger partial charge on any atom is 0.269 e. The third kappa shape index (κ3) is 4.22. The number of sulfonamides is 1. The van der Waals surface area contributed by atoms with E-state index in [0.29, 0.717) is 4.47 Å². The van der Waals surface area contributed by atoms with E-state index in [0.717, 1.165) is 25.3 Å². The summed E-state index contributed by atoms with van der Waals surface area (Å²) in [5.41, 5.74) is 0.310. The lowest BCUT2D eigenvalue weighted by atomic mass is 10.0. The molecule has 0 aliphatic rings. The third-order valence-corrected chi connectivity index (χ3v) is 7.23. The van der Waals surface area contributed by atoms with E-state index in [9.17, 15) is 23.1 Å². The van der Waals surface area contributed by atoms with Crippen LogP contribution < -0.4 is 21.5 Å². The van der Waals surface area contributed by atoms with Crippen molar-refractivity contribution in [2.24, 2.45) is 0 Å². The third-order valence-electron chi connectivity index (χ3n) is 5.05. The molecule has 9 nitrogen and oxygen atoms in total. The summed E-state index contributed by atoms with van der Waals surface area (Å²) < 4.78 is 25.8. The molecule has 0 unspecified atom stereocenters. The van der Waals surface area contributed by atoms with E-state index in [2.05, 4.69) is 10.6 Å². The molecular formula is C21H22ClN3O6S. The number of hydrogen-bond acceptors (Lipinski definition) is 8. The predicted octanol–water partition coefficient (Wildman–Crippen LogP) is 3.05. The lowest BCUT2D eigenvalue weighted by Gasteiger charge is -2.21. The smallest absolute Gasteiger partial charge is 0.269 e. The molecule has 0 saturated heterocycles. The first-order valence-electron chi connectivity index (χ1n) is 9.47. The SMILES string of the molecule is CON(C)S(=O)(=O)c1c(Cl)ccc(Nc2c(N[C@H](C)c3ccc(C)cc3)c(=O)c2=O)c1O. The van der Waals surface area contributed by atoms with Gasteiger partial charge in [-0.1, -0.05) is 45.9 Å². The summed E-state index contributed by atoms with van der Waals surface area (Å²) in [7, 11) is -2.01. The quantitative estimate of drug-likeness (QED) is 0.256. The number of hydrogen-bond donors (Lipinski definition) is 3. The Kier molecular flexibility index (Phi) is 6.61. The van der Waals surface area contributed by atoms with Gasteiger partial charge in [0.25, 0.3) is 20.9 Å². The van der Waals surface area contributed by atoms with Crippen LogP contribution in [0, 0.1) is 6.92 Å². The Labute approximate surface area is 189 Å². The zero-order valence-corrected chi connectivity index (χ0v) is 19.3. The van der Waals surface area contributed by atoms with Crippen LogP contribution in [0.15, 0.2) is 50.9 Å². The summed E-state index contributed by atoms with van der Waals surface area (Å²) in [5, 5.41) is 16.0. The van der Waals surface area contributed by atoms with E-state index in [1.54, 1.807) is 0 Å². The molecule has 0 bridgehead atoms. The van der Waals surface area contributed by atoms with Crippen molar-refractivity contribution in [3.8, 4) is 5.75 Å². The minimum atomic E-state index is -4.29. The van der Waals surface area contributed by atoms with Gasteiger partial charge in [-0.2, -0.15) is 0 Å². The van der Waals surface area contributed by atoms with Crippen molar-refractivity contribution in [2.45, 2.75) is 24.8 Å². The summed E-state index contributed by atoms with van der Waals surface area (Å²) in [6.45, 7) is 3.79. The molecule has 0 heterocycles. The van der Waals surface area contributed by atoms with Crippen LogP contribution >= 0.6 is 11.6 Å². The van der Waals surface area contributed by atoms with Gasteiger partial charge >= 0.3 is 0 Å². The van der Waals surface area contributed by atoms with Gasteiger partial charge in [-0.05, 0) is 31.5 Å². The first-order valence-corrected chi connectivity index (χ1v) is 11.3. The highest BCUT2D eigenvalue weighted by molar-refractivity contribution is 7.89. The Hall–Kier alpha value is -2.92. The summed E-state index contributed by atoms with van der Waals surface area (Å²) in [6, 6.07) is 9.92. The van der Waals surface area contributed by atoms with Gasteiger partial charge in [0.2, 0.25) is 0 Å². The summed E-state index contributed by atoms with van der Waals surface area (Å²) in [5.74, 6) is -0.716. The number of aryl methyl sites for hydroxylation is 1. The number of halogens is 1. The van der Waals surface area contributed by atoms with Crippen molar-refractivity contribution < 1.29 is 18.4 Å². The topological polar surface area (TPSA) is 125 Å². The Morgan fingerprint density at radius 3 is 2.25 bits per heavy atom. The molecule has 0 aromatic heterocycles. The summed E-state index contributed by atoms with van der Waals surface area (Å²) in [4.78, 5) is 28.5. The number of aromatic hydroxyl groups is 1. The summed E-state index contributed by atoms with van der Waals surface area (Å²) in [6.07, 6.45) is 0. The van der Waals surface area contributed by atoms with Gasteiger partial charge in [0.15, 0.2) is 5.75 Å². The molecule has 3 aromatic rings. The van der Waals surface area contributed by atoms with Crippen molar-refractivity contribution in [3.63, 3.8) is 0 Å². The van der Waals surface area contributed by atoms with Crippen LogP contribution in [0.3, 0.4) is 0 Å². The Morgan fingerprint density at radius 2 is 1.66 bits per heavy atom. The zero-order valence-electron chi connectivity index (χ0n) is 17.8. The average molecular weight is 480 g/mol. The van der Waals surface area contributed by atoms with Crippen LogP contribution in [-0.4, -0.2) is 32.2 Å². The molecule has 0 aliphatic carbocycles. The van der Waals surface area contributed by atoms with Crippen molar-refractivity contribution >= 4 is 38.7 Å². The number of phenols is 1. The molecule has 3 rings (SSSR count). The number of hydroxylamine groups is 1. The second-order valence-corrected chi connectivity index (χ2v) is 9.46. The standard InChI is InChI=1S/C21H22ClN3O6S/c1-11-5-7-13(8-6-11)12(2)23-16-17(20(28)19(16)27)24-15-10-9-14(22)21(18(15)26)32(29,30)25(3)31-4/h5-10,12,23-24,26H,1-4H3/t12-/m1/s1. The molecular weight excluding hydrogens is 458 g/mol. The number of nitrogens with one attached hydrogen (secondary N) is 2. The van der Waals surface area contributed by atoms with Gasteiger partial charge in [0, 0.05) is 13.1 Å². The first kappa shape index (κ1) is 23.7. The fraction of sp³-hybridized carbons (Fsp3) is 0.238. The van der Waals surface area contributed by atoms with Crippen LogP contribution in [-0.2, 0) is 14.9 Å². The largest absolute Gasteiger partial charge is 0.504 e. The van der Waals surface area contributed by atoms with Crippen molar-refractivity contribution in [3.05, 3.63) is 73.0 Å². The normalized spacial score (nSPS) is 12.8. The molecule has 3 aromatic carbocycles. The molecule has 0 radical (unpaired) electrons. The predicted molar refractivity (Wildman–Crippen MR) is 123 cm³/mol. The maximum absolute atomic E-state index is 12.6. The number of anilines is 3. The Bertz CT molecular complexity index is 1330. The average Bonchev–Trinajstić information content (AvgIpc) is 2.76. The highest BCUT2D eigenvalue weighted by Crippen LogP contribution is 2.40. The van der Waals surface area contributed by atoms with Gasteiger partial charge in [-0.15, -0.1) is 0 Å². The number of nitrogens with zero attached hydrogens (tertiary/aromatic N) is 1. The number of phenolic OH excluding ortho intramolecular Hbond substituents is 1. The van der Waals surface area contributed by atoms with E-state index in [4.69, 9.17) is 16.4 Å². The molecule has 170 valence electrons. The number of benzene rings is 2. The van der Waals surface area contributed by atoms with Crippen molar-refractivity contribution in [1.82, 2.24) is 4.47 Å². The van der Waals surface area contributed by atoms with Crippen LogP contribution in [0.1, 0.15) is 24.1 Å². The molecule has 0 fully saturated rings. The van der Waals surface area contributed by atoms with E-state index in [1.807, 2.05) is 38.1 Å².